The second-order valence-electron chi connectivity index (χ2n) is 3.02. The number of carbonyl (C=O) groups is 1. The molecule has 1 aromatic rings. The normalized spacial score (nSPS) is 23.1. The molecule has 0 saturated carbocycles. The quantitative estimate of drug-likeness (QED) is 0.773. The van der Waals surface area contributed by atoms with Crippen molar-refractivity contribution in [3.8, 4) is 0 Å². The van der Waals surface area contributed by atoms with Crippen LogP contribution in [0.4, 0.5) is 8.78 Å². The summed E-state index contributed by atoms with van der Waals surface area (Å²) in [5.41, 5.74) is -0.575. The van der Waals surface area contributed by atoms with Gasteiger partial charge in [0.25, 0.3) is 4.87 Å². The van der Waals surface area contributed by atoms with Gasteiger partial charge in [-0.2, -0.15) is 0 Å². The zero-order chi connectivity index (χ0) is 11.8. The predicted molar refractivity (Wildman–Crippen MR) is 54.9 cm³/mol. The van der Waals surface area contributed by atoms with Gasteiger partial charge in [0.2, 0.25) is 0 Å². The molecule has 2 rings (SSSR count). The van der Waals surface area contributed by atoms with Gasteiger partial charge in [0.1, 0.15) is 11.6 Å². The maximum atomic E-state index is 13.5. The minimum atomic E-state index is -1.99. The Hall–Kier alpha value is -1.63. The zero-order valence-electron chi connectivity index (χ0n) is 7.78. The van der Waals surface area contributed by atoms with Gasteiger partial charge in [-0.15, -0.1) is 0 Å². The van der Waals surface area contributed by atoms with E-state index in [-0.39, 0.29) is 0 Å². The van der Waals surface area contributed by atoms with Crippen LogP contribution in [0.15, 0.2) is 23.2 Å². The van der Waals surface area contributed by atoms with Gasteiger partial charge in [0, 0.05) is 0 Å². The monoisotopic (exact) mass is 244 g/mol. The van der Waals surface area contributed by atoms with Crippen LogP contribution in [-0.2, 0) is 9.67 Å². The van der Waals surface area contributed by atoms with Crippen molar-refractivity contribution in [2.45, 2.75) is 4.87 Å². The van der Waals surface area contributed by atoms with Crippen LogP contribution in [0, 0.1) is 11.6 Å². The Morgan fingerprint density at radius 2 is 2.06 bits per heavy atom. The molecule has 0 amide bonds. The fraction of sp³-hybridized carbons (Fsp3) is 0.111. The van der Waals surface area contributed by atoms with Crippen molar-refractivity contribution in [2.24, 2.45) is 4.99 Å². The Morgan fingerprint density at radius 1 is 1.44 bits per heavy atom. The molecule has 4 nitrogen and oxygen atoms in total. The fourth-order valence-corrected chi connectivity index (χ4v) is 2.16. The van der Waals surface area contributed by atoms with Crippen LogP contribution < -0.4 is 4.72 Å². The number of nitrogens with zero attached hydrogens (tertiary/aromatic N) is 1. The summed E-state index contributed by atoms with van der Waals surface area (Å²) in [5.74, 6) is -3.30. The van der Waals surface area contributed by atoms with E-state index >= 15 is 0 Å². The number of carboxylic acids is 1. The lowest BCUT2D eigenvalue weighted by atomic mass is 10.1. The topological polar surface area (TPSA) is 61.7 Å². The summed E-state index contributed by atoms with van der Waals surface area (Å²) in [7, 11) is 0. The summed E-state index contributed by atoms with van der Waals surface area (Å²) in [4.78, 5) is 12.7. The number of aliphatic imine (C=N–C) groups is 1. The van der Waals surface area contributed by atoms with Gasteiger partial charge in [-0.3, -0.25) is 0 Å². The number of rotatable bonds is 2. The molecule has 84 valence electrons. The molecule has 2 N–H and O–H groups in total. The Balaban J connectivity index is 2.65. The minimum Gasteiger partial charge on any atom is -0.478 e. The van der Waals surface area contributed by atoms with Crippen LogP contribution >= 0.6 is 11.9 Å². The molecule has 1 unspecified atom stereocenters. The van der Waals surface area contributed by atoms with Crippen molar-refractivity contribution in [3.63, 3.8) is 0 Å². The van der Waals surface area contributed by atoms with E-state index in [9.17, 15) is 13.6 Å². The minimum absolute atomic E-state index is 0.575. The molecule has 0 bridgehead atoms. The Bertz CT molecular complexity index is 460. The van der Waals surface area contributed by atoms with Crippen molar-refractivity contribution < 1.29 is 18.7 Å². The molecule has 1 aliphatic heterocycles. The lowest BCUT2D eigenvalue weighted by Crippen LogP contribution is -2.31. The second kappa shape index (κ2) is 3.75. The van der Waals surface area contributed by atoms with E-state index in [4.69, 9.17) is 5.11 Å². The molecule has 0 aromatic heterocycles. The first-order valence-corrected chi connectivity index (χ1v) is 5.04. The van der Waals surface area contributed by atoms with Crippen LogP contribution in [0.5, 0.6) is 0 Å². The molecule has 0 radical (unpaired) electrons. The van der Waals surface area contributed by atoms with Crippen molar-refractivity contribution in [3.05, 3.63) is 35.4 Å². The molecule has 7 heteroatoms. The van der Waals surface area contributed by atoms with Gasteiger partial charge in [0.15, 0.2) is 0 Å². The number of hydrogen-bond donors (Lipinski definition) is 2. The average molecular weight is 244 g/mol. The molecule has 0 aliphatic carbocycles. The molecule has 1 aromatic carbocycles. The highest BCUT2D eigenvalue weighted by atomic mass is 32.2. The van der Waals surface area contributed by atoms with E-state index in [0.29, 0.717) is 11.9 Å². The number of halogens is 2. The van der Waals surface area contributed by atoms with Crippen LogP contribution in [0.3, 0.4) is 0 Å². The van der Waals surface area contributed by atoms with Crippen LogP contribution in [0.25, 0.3) is 0 Å². The van der Waals surface area contributed by atoms with E-state index < -0.39 is 28.0 Å². The number of nitrogens with one attached hydrogen (secondary N) is 1. The Morgan fingerprint density at radius 3 is 2.50 bits per heavy atom. The summed E-state index contributed by atoms with van der Waals surface area (Å²) in [6.45, 7) is 0. The van der Waals surface area contributed by atoms with E-state index in [1.165, 1.54) is 6.07 Å². The van der Waals surface area contributed by atoms with E-state index in [0.717, 1.165) is 18.5 Å². The number of benzene rings is 1. The molecule has 1 heterocycles. The summed E-state index contributed by atoms with van der Waals surface area (Å²) in [6.07, 6.45) is 1.10. The van der Waals surface area contributed by atoms with Crippen LogP contribution in [-0.4, -0.2) is 17.4 Å². The first-order valence-electron chi connectivity index (χ1n) is 4.23. The molecular formula is C9H6F2N2O2S. The zero-order valence-corrected chi connectivity index (χ0v) is 8.59. The SMILES string of the molecule is O=C(O)C1(c2c(F)cccc2F)N=CNS1. The van der Waals surface area contributed by atoms with Crippen LogP contribution in [0.1, 0.15) is 5.56 Å². The summed E-state index contributed by atoms with van der Waals surface area (Å²) >= 11 is 0.628. The van der Waals surface area contributed by atoms with Crippen molar-refractivity contribution in [2.75, 3.05) is 0 Å². The molecule has 1 aliphatic rings. The van der Waals surface area contributed by atoms with E-state index in [2.05, 4.69) is 9.71 Å². The van der Waals surface area contributed by atoms with E-state index in [1.54, 1.807) is 0 Å². The number of aliphatic carboxylic acids is 1. The first-order chi connectivity index (χ1) is 7.58. The molecule has 0 spiro atoms. The molecule has 0 saturated heterocycles. The van der Waals surface area contributed by atoms with E-state index in [1.807, 2.05) is 0 Å². The van der Waals surface area contributed by atoms with Gasteiger partial charge >= 0.3 is 5.97 Å². The number of carboxylic acid groups (broad SMARTS) is 1. The van der Waals surface area contributed by atoms with Gasteiger partial charge in [0.05, 0.1) is 11.9 Å². The number of hydrogen-bond acceptors (Lipinski definition) is 4. The smallest absolute Gasteiger partial charge is 0.348 e. The summed E-state index contributed by atoms with van der Waals surface area (Å²) in [6, 6.07) is 3.16. The Kier molecular flexibility index (Phi) is 2.55. The highest BCUT2D eigenvalue weighted by molar-refractivity contribution is 7.99. The standard InChI is InChI=1S/C9H6F2N2O2S/c10-5-2-1-3-6(11)7(5)9(8(14)15)12-4-13-16-9/h1-4H,(H,12,13)(H,14,15). The fourth-order valence-electron chi connectivity index (χ4n) is 1.40. The second-order valence-corrected chi connectivity index (χ2v) is 4.05. The maximum absolute atomic E-state index is 13.5. The van der Waals surface area contributed by atoms with Gasteiger partial charge in [-0.1, -0.05) is 6.07 Å². The largest absolute Gasteiger partial charge is 0.478 e. The van der Waals surface area contributed by atoms with Crippen molar-refractivity contribution in [1.29, 1.82) is 0 Å². The highest BCUT2D eigenvalue weighted by Gasteiger charge is 2.47. The summed E-state index contributed by atoms with van der Waals surface area (Å²) in [5, 5.41) is 9.06. The Labute approximate surface area is 93.5 Å². The molecule has 16 heavy (non-hydrogen) atoms. The van der Waals surface area contributed by atoms with Crippen molar-refractivity contribution >= 4 is 24.3 Å². The van der Waals surface area contributed by atoms with Crippen molar-refractivity contribution in [1.82, 2.24) is 4.72 Å². The summed E-state index contributed by atoms with van der Waals surface area (Å²) < 4.78 is 29.4. The molecule has 0 fully saturated rings. The lowest BCUT2D eigenvalue weighted by molar-refractivity contribution is -0.140. The predicted octanol–water partition coefficient (Wildman–Crippen LogP) is 1.48. The highest BCUT2D eigenvalue weighted by Crippen LogP contribution is 2.41. The van der Waals surface area contributed by atoms with Gasteiger partial charge < -0.3 is 9.83 Å². The maximum Gasteiger partial charge on any atom is 0.348 e. The third-order valence-electron chi connectivity index (χ3n) is 2.10. The van der Waals surface area contributed by atoms with Gasteiger partial charge in [-0.25, -0.2) is 18.6 Å². The molecular weight excluding hydrogens is 238 g/mol. The third-order valence-corrected chi connectivity index (χ3v) is 3.10. The van der Waals surface area contributed by atoms with Gasteiger partial charge in [-0.05, 0) is 24.1 Å². The third kappa shape index (κ3) is 1.44. The molecule has 1 atom stereocenters. The average Bonchev–Trinajstić information content (AvgIpc) is 2.67. The van der Waals surface area contributed by atoms with Crippen LogP contribution in [0.2, 0.25) is 0 Å². The first kappa shape index (κ1) is 10.9. The lowest BCUT2D eigenvalue weighted by Gasteiger charge is -2.20.